The van der Waals surface area contributed by atoms with E-state index in [1.165, 1.54) is 36.2 Å². The summed E-state index contributed by atoms with van der Waals surface area (Å²) in [6, 6.07) is 8.21. The van der Waals surface area contributed by atoms with Crippen LogP contribution in [0.4, 0.5) is 11.4 Å². The number of rotatable bonds is 7. The fourth-order valence-electron chi connectivity index (χ4n) is 3.12. The molecule has 0 atom stereocenters. The normalized spacial score (nSPS) is 13.9. The van der Waals surface area contributed by atoms with E-state index in [4.69, 9.17) is 4.74 Å². The molecule has 12 nitrogen and oxygen atoms in total. The van der Waals surface area contributed by atoms with E-state index in [-0.39, 0.29) is 23.7 Å². The number of nitro benzene ring substituents is 1. The van der Waals surface area contributed by atoms with Gasteiger partial charge in [0.25, 0.3) is 15.9 Å². The number of hydrogen-bond donors (Lipinski definition) is 2. The molecular weight excluding hydrogens is 456 g/mol. The number of sulfonamides is 1. The van der Waals surface area contributed by atoms with Crippen LogP contribution in [0.3, 0.4) is 0 Å². The summed E-state index contributed by atoms with van der Waals surface area (Å²) in [5.41, 5.74) is -0.377. The van der Waals surface area contributed by atoms with Crippen molar-refractivity contribution in [3.8, 4) is 5.75 Å². The fourth-order valence-corrected chi connectivity index (χ4v) is 4.20. The zero-order chi connectivity index (χ0) is 24.2. The highest BCUT2D eigenvalue weighted by Crippen LogP contribution is 2.29. The third-order valence-corrected chi connectivity index (χ3v) is 6.30. The number of amides is 2. The number of benzene rings is 2. The zero-order valence-corrected chi connectivity index (χ0v) is 18.4. The molecular formula is C20H22N4O8S. The molecule has 0 aliphatic carbocycles. The van der Waals surface area contributed by atoms with Crippen LogP contribution in [-0.4, -0.2) is 80.0 Å². The number of nitrogens with zero attached hydrogens (tertiary/aromatic N) is 3. The smallest absolute Gasteiger partial charge is 0.312 e. The molecule has 1 heterocycles. The summed E-state index contributed by atoms with van der Waals surface area (Å²) in [5.74, 6) is -1.26. The highest BCUT2D eigenvalue weighted by Gasteiger charge is 2.23. The maximum Gasteiger partial charge on any atom is 0.312 e. The van der Waals surface area contributed by atoms with Crippen LogP contribution in [-0.2, 0) is 19.6 Å². The summed E-state index contributed by atoms with van der Waals surface area (Å²) in [4.78, 5) is 37.5. The molecule has 2 aromatic carbocycles. The fraction of sp³-hybridized carbons (Fsp3) is 0.300. The van der Waals surface area contributed by atoms with Gasteiger partial charge in [-0.2, -0.15) is 0 Å². The molecule has 1 aliphatic heterocycles. The maximum atomic E-state index is 12.6. The Morgan fingerprint density at radius 2 is 1.82 bits per heavy atom. The monoisotopic (exact) mass is 478 g/mol. The summed E-state index contributed by atoms with van der Waals surface area (Å²) in [5, 5.41) is 20.4. The van der Waals surface area contributed by atoms with Crippen molar-refractivity contribution in [1.82, 2.24) is 9.80 Å². The Hall–Kier alpha value is -3.71. The molecule has 0 aromatic heterocycles. The molecule has 2 N–H and O–H groups in total. The highest BCUT2D eigenvalue weighted by atomic mass is 32.2. The number of carbonyl (C=O) groups excluding carboxylic acids is 2. The minimum atomic E-state index is -4.19. The van der Waals surface area contributed by atoms with Gasteiger partial charge in [-0.3, -0.25) is 24.4 Å². The lowest BCUT2D eigenvalue weighted by Gasteiger charge is -2.28. The second-order valence-corrected chi connectivity index (χ2v) is 8.93. The van der Waals surface area contributed by atoms with Crippen molar-refractivity contribution in [2.24, 2.45) is 0 Å². The van der Waals surface area contributed by atoms with Crippen LogP contribution in [0.2, 0.25) is 0 Å². The molecule has 2 aromatic rings. The summed E-state index contributed by atoms with van der Waals surface area (Å²) in [6.07, 6.45) is 0. The number of aromatic hydroxyl groups is 1. The second kappa shape index (κ2) is 9.83. The average molecular weight is 478 g/mol. The van der Waals surface area contributed by atoms with Crippen LogP contribution in [0.25, 0.3) is 0 Å². The molecule has 1 aliphatic rings. The Labute approximate surface area is 189 Å². The number of likely N-dealkylation sites (N-methyl/N-ethyl adjacent to an activating group) is 1. The minimum Gasteiger partial charge on any atom is -0.502 e. The van der Waals surface area contributed by atoms with Crippen molar-refractivity contribution in [2.45, 2.75) is 4.90 Å². The third-order valence-electron chi connectivity index (χ3n) is 4.92. The van der Waals surface area contributed by atoms with Crippen molar-refractivity contribution in [3.63, 3.8) is 0 Å². The molecule has 0 unspecified atom stereocenters. The quantitative estimate of drug-likeness (QED) is 0.441. The van der Waals surface area contributed by atoms with Crippen molar-refractivity contribution >= 4 is 33.2 Å². The van der Waals surface area contributed by atoms with Gasteiger partial charge in [0.1, 0.15) is 0 Å². The lowest BCUT2D eigenvalue weighted by atomic mass is 10.2. The van der Waals surface area contributed by atoms with E-state index in [0.717, 1.165) is 18.2 Å². The van der Waals surface area contributed by atoms with E-state index in [0.29, 0.717) is 26.3 Å². The minimum absolute atomic E-state index is 0.104. The van der Waals surface area contributed by atoms with Crippen LogP contribution in [0.5, 0.6) is 5.75 Å². The first-order valence-electron chi connectivity index (χ1n) is 9.80. The van der Waals surface area contributed by atoms with Gasteiger partial charge in [0.15, 0.2) is 5.75 Å². The van der Waals surface area contributed by atoms with Crippen LogP contribution < -0.4 is 4.72 Å². The molecule has 13 heteroatoms. The Bertz CT molecular complexity index is 1160. The number of phenols is 1. The largest absolute Gasteiger partial charge is 0.502 e. The SMILES string of the molecule is CN(CC(=O)N1CCOCC1)C(=O)c1ccc(NS(=O)(=O)c2ccc(O)c([N+](=O)[O-])c2)cc1. The zero-order valence-electron chi connectivity index (χ0n) is 17.6. The molecule has 3 rings (SSSR count). The van der Waals surface area contributed by atoms with Crippen LogP contribution in [0.1, 0.15) is 10.4 Å². The van der Waals surface area contributed by atoms with Crippen molar-refractivity contribution in [3.05, 3.63) is 58.1 Å². The van der Waals surface area contributed by atoms with Gasteiger partial charge in [0, 0.05) is 37.5 Å². The Morgan fingerprint density at radius 1 is 1.18 bits per heavy atom. The van der Waals surface area contributed by atoms with Crippen LogP contribution in [0, 0.1) is 10.1 Å². The molecule has 0 spiro atoms. The lowest BCUT2D eigenvalue weighted by molar-refractivity contribution is -0.386. The van der Waals surface area contributed by atoms with Crippen molar-refractivity contribution in [2.75, 3.05) is 44.6 Å². The van der Waals surface area contributed by atoms with E-state index in [2.05, 4.69) is 4.72 Å². The first kappa shape index (κ1) is 23.9. The molecule has 33 heavy (non-hydrogen) atoms. The predicted octanol–water partition coefficient (Wildman–Crippen LogP) is 1.03. The molecule has 1 fully saturated rings. The Morgan fingerprint density at radius 3 is 2.42 bits per heavy atom. The highest BCUT2D eigenvalue weighted by molar-refractivity contribution is 7.92. The molecule has 0 bridgehead atoms. The lowest BCUT2D eigenvalue weighted by Crippen LogP contribution is -2.46. The van der Waals surface area contributed by atoms with Crippen LogP contribution >= 0.6 is 0 Å². The third kappa shape index (κ3) is 5.75. The van der Waals surface area contributed by atoms with Crippen molar-refractivity contribution < 1.29 is 32.8 Å². The number of hydrogen-bond acceptors (Lipinski definition) is 8. The molecule has 0 radical (unpaired) electrons. The van der Waals surface area contributed by atoms with Gasteiger partial charge >= 0.3 is 5.69 Å². The van der Waals surface area contributed by atoms with E-state index in [9.17, 15) is 33.2 Å². The predicted molar refractivity (Wildman–Crippen MR) is 116 cm³/mol. The molecule has 1 saturated heterocycles. The first-order chi connectivity index (χ1) is 15.6. The molecule has 176 valence electrons. The van der Waals surface area contributed by atoms with E-state index >= 15 is 0 Å². The number of ether oxygens (including phenoxy) is 1. The summed E-state index contributed by atoms with van der Waals surface area (Å²) in [7, 11) is -2.69. The second-order valence-electron chi connectivity index (χ2n) is 7.24. The molecule has 2 amide bonds. The summed E-state index contributed by atoms with van der Waals surface area (Å²) < 4.78 is 32.6. The molecule has 0 saturated carbocycles. The average Bonchev–Trinajstić information content (AvgIpc) is 2.79. The van der Waals surface area contributed by atoms with Crippen molar-refractivity contribution in [1.29, 1.82) is 0 Å². The topological polar surface area (TPSA) is 159 Å². The van der Waals surface area contributed by atoms with E-state index in [1.54, 1.807) is 4.90 Å². The maximum absolute atomic E-state index is 12.6. The van der Waals surface area contributed by atoms with E-state index in [1.807, 2.05) is 0 Å². The number of nitrogens with one attached hydrogen (secondary N) is 1. The summed E-state index contributed by atoms with van der Waals surface area (Å²) in [6.45, 7) is 1.75. The van der Waals surface area contributed by atoms with Gasteiger partial charge in [0.05, 0.1) is 29.6 Å². The number of nitro groups is 1. The Balaban J connectivity index is 1.67. The van der Waals surface area contributed by atoms with Gasteiger partial charge in [0.2, 0.25) is 5.91 Å². The first-order valence-corrected chi connectivity index (χ1v) is 11.3. The summed E-state index contributed by atoms with van der Waals surface area (Å²) >= 11 is 0. The number of morpholine rings is 1. The van der Waals surface area contributed by atoms with Crippen LogP contribution in [0.15, 0.2) is 47.4 Å². The van der Waals surface area contributed by atoms with Gasteiger partial charge < -0.3 is 19.6 Å². The van der Waals surface area contributed by atoms with E-state index < -0.39 is 37.2 Å². The van der Waals surface area contributed by atoms with Gasteiger partial charge in [-0.25, -0.2) is 8.42 Å². The number of phenolic OH excluding ortho intramolecular Hbond substituents is 1. The standard InChI is InChI=1S/C20H22N4O8S/c1-22(13-19(26)23-8-10-32-11-9-23)20(27)14-2-4-15(5-3-14)21-33(30,31)16-6-7-18(25)17(12-16)24(28)29/h2-7,12,21,25H,8-11,13H2,1H3. The number of carbonyl (C=O) groups is 2. The van der Waals surface area contributed by atoms with Gasteiger partial charge in [-0.1, -0.05) is 0 Å². The van der Waals surface area contributed by atoms with Gasteiger partial charge in [-0.15, -0.1) is 0 Å². The Kier molecular flexibility index (Phi) is 7.13. The number of anilines is 1. The van der Waals surface area contributed by atoms with Gasteiger partial charge in [-0.05, 0) is 36.4 Å².